The molecule has 1 atom stereocenters. The molecule has 2 fully saturated rings. The summed E-state index contributed by atoms with van der Waals surface area (Å²) in [7, 11) is 0. The fourth-order valence-electron chi connectivity index (χ4n) is 3.28. The van der Waals surface area contributed by atoms with E-state index in [1.54, 1.807) is 11.8 Å². The van der Waals surface area contributed by atoms with Gasteiger partial charge in [-0.05, 0) is 31.4 Å². The first-order valence-corrected chi connectivity index (χ1v) is 8.30. The molecule has 1 aromatic rings. The van der Waals surface area contributed by atoms with E-state index in [-0.39, 0.29) is 10.8 Å². The Kier molecular flexibility index (Phi) is 4.03. The van der Waals surface area contributed by atoms with Crippen LogP contribution in [0.4, 0.5) is 0 Å². The Hall–Kier alpha value is -1.00. The molecule has 4 heteroatoms. The van der Waals surface area contributed by atoms with E-state index in [0.717, 1.165) is 45.2 Å². The summed E-state index contributed by atoms with van der Waals surface area (Å²) in [6, 6.07) is 10.5. The van der Waals surface area contributed by atoms with Crippen molar-refractivity contribution in [2.24, 2.45) is 5.73 Å². The molecule has 0 bridgehead atoms. The minimum atomic E-state index is -0.245. The lowest BCUT2D eigenvalue weighted by Gasteiger charge is -2.31. The van der Waals surface area contributed by atoms with Crippen molar-refractivity contribution < 1.29 is 4.79 Å². The second-order valence-electron chi connectivity index (χ2n) is 5.92. The van der Waals surface area contributed by atoms with Crippen molar-refractivity contribution in [3.05, 3.63) is 30.3 Å². The second-order valence-corrected chi connectivity index (χ2v) is 7.37. The molecule has 1 aliphatic carbocycles. The van der Waals surface area contributed by atoms with E-state index < -0.39 is 0 Å². The van der Waals surface area contributed by atoms with E-state index in [0.29, 0.717) is 5.91 Å². The van der Waals surface area contributed by atoms with Gasteiger partial charge in [0.1, 0.15) is 0 Å². The molecule has 1 heterocycles. The second kappa shape index (κ2) is 5.78. The molecule has 108 valence electrons. The zero-order valence-corrected chi connectivity index (χ0v) is 12.6. The van der Waals surface area contributed by atoms with Crippen molar-refractivity contribution in [3.63, 3.8) is 0 Å². The topological polar surface area (TPSA) is 46.3 Å². The van der Waals surface area contributed by atoms with Crippen LogP contribution >= 0.6 is 11.8 Å². The third kappa shape index (κ3) is 2.72. The molecule has 1 aromatic carbocycles. The van der Waals surface area contributed by atoms with E-state index in [2.05, 4.69) is 12.1 Å². The summed E-state index contributed by atoms with van der Waals surface area (Å²) in [5.41, 5.74) is 5.96. The molecule has 2 aliphatic rings. The van der Waals surface area contributed by atoms with Crippen LogP contribution in [0.1, 0.15) is 32.1 Å². The molecule has 1 saturated heterocycles. The number of benzene rings is 1. The maximum absolute atomic E-state index is 13.0. The Morgan fingerprint density at radius 1 is 1.25 bits per heavy atom. The van der Waals surface area contributed by atoms with Crippen LogP contribution in [-0.4, -0.2) is 34.7 Å². The van der Waals surface area contributed by atoms with E-state index >= 15 is 0 Å². The average molecular weight is 290 g/mol. The number of hydrogen-bond acceptors (Lipinski definition) is 3. The van der Waals surface area contributed by atoms with Crippen LogP contribution in [0.3, 0.4) is 0 Å². The van der Waals surface area contributed by atoms with Gasteiger partial charge in [0, 0.05) is 24.0 Å². The molecular weight excluding hydrogens is 268 g/mol. The quantitative estimate of drug-likeness (QED) is 0.931. The predicted octanol–water partition coefficient (Wildman–Crippen LogP) is 2.65. The standard InChI is InChI=1S/C16H22N2OS/c17-13-8-11-18(12-13)15(19)16(9-4-5-10-16)20-14-6-2-1-3-7-14/h1-3,6-7,13H,4-5,8-12,17H2/t13-/m1/s1. The van der Waals surface area contributed by atoms with E-state index in [4.69, 9.17) is 5.73 Å². The highest BCUT2D eigenvalue weighted by atomic mass is 32.2. The Morgan fingerprint density at radius 2 is 1.95 bits per heavy atom. The molecule has 2 N–H and O–H groups in total. The van der Waals surface area contributed by atoms with Gasteiger partial charge in [-0.2, -0.15) is 0 Å². The number of likely N-dealkylation sites (tertiary alicyclic amines) is 1. The predicted molar refractivity (Wildman–Crippen MR) is 82.7 cm³/mol. The Balaban J connectivity index is 1.79. The summed E-state index contributed by atoms with van der Waals surface area (Å²) in [6.45, 7) is 1.56. The van der Waals surface area contributed by atoms with E-state index in [1.807, 2.05) is 23.1 Å². The van der Waals surface area contributed by atoms with Crippen LogP contribution in [0.25, 0.3) is 0 Å². The molecule has 3 rings (SSSR count). The number of amides is 1. The lowest BCUT2D eigenvalue weighted by atomic mass is 10.1. The highest BCUT2D eigenvalue weighted by Crippen LogP contribution is 2.46. The number of carbonyl (C=O) groups excluding carboxylic acids is 1. The van der Waals surface area contributed by atoms with Crippen molar-refractivity contribution in [3.8, 4) is 0 Å². The maximum Gasteiger partial charge on any atom is 0.239 e. The number of thioether (sulfide) groups is 1. The summed E-state index contributed by atoms with van der Waals surface area (Å²) in [6.07, 6.45) is 5.25. The van der Waals surface area contributed by atoms with Gasteiger partial charge < -0.3 is 10.6 Å². The summed E-state index contributed by atoms with van der Waals surface area (Å²) in [5, 5.41) is 0. The van der Waals surface area contributed by atoms with E-state index in [1.165, 1.54) is 4.90 Å². The summed E-state index contributed by atoms with van der Waals surface area (Å²) >= 11 is 1.76. The largest absolute Gasteiger partial charge is 0.340 e. The molecule has 0 radical (unpaired) electrons. The van der Waals surface area contributed by atoms with Gasteiger partial charge in [0.05, 0.1) is 4.75 Å². The number of nitrogens with two attached hydrogens (primary N) is 1. The summed E-state index contributed by atoms with van der Waals surface area (Å²) in [5.74, 6) is 0.316. The zero-order valence-electron chi connectivity index (χ0n) is 11.8. The first-order valence-electron chi connectivity index (χ1n) is 7.49. The summed E-state index contributed by atoms with van der Waals surface area (Å²) < 4.78 is -0.245. The van der Waals surface area contributed by atoms with Gasteiger partial charge >= 0.3 is 0 Å². The van der Waals surface area contributed by atoms with Crippen molar-refractivity contribution in [2.75, 3.05) is 13.1 Å². The lowest BCUT2D eigenvalue weighted by Crippen LogP contribution is -2.45. The number of rotatable bonds is 3. The van der Waals surface area contributed by atoms with Crippen LogP contribution in [0.15, 0.2) is 35.2 Å². The highest BCUT2D eigenvalue weighted by molar-refractivity contribution is 8.01. The Morgan fingerprint density at radius 3 is 2.55 bits per heavy atom. The smallest absolute Gasteiger partial charge is 0.239 e. The van der Waals surface area contributed by atoms with Gasteiger partial charge in [-0.15, -0.1) is 11.8 Å². The molecule has 0 aromatic heterocycles. The Labute approximate surface area is 124 Å². The molecule has 0 spiro atoms. The molecule has 3 nitrogen and oxygen atoms in total. The minimum Gasteiger partial charge on any atom is -0.340 e. The SMILES string of the molecule is N[C@@H]1CCN(C(=O)C2(Sc3ccccc3)CCCC2)C1. The van der Waals surface area contributed by atoms with Crippen molar-refractivity contribution in [1.29, 1.82) is 0 Å². The fraction of sp³-hybridized carbons (Fsp3) is 0.562. The van der Waals surface area contributed by atoms with Crippen LogP contribution in [0.5, 0.6) is 0 Å². The molecule has 20 heavy (non-hydrogen) atoms. The van der Waals surface area contributed by atoms with Crippen LogP contribution < -0.4 is 5.73 Å². The first kappa shape index (κ1) is 14.0. The molecule has 0 unspecified atom stereocenters. The zero-order chi connectivity index (χ0) is 14.0. The van der Waals surface area contributed by atoms with Gasteiger partial charge in [0.2, 0.25) is 5.91 Å². The molecule has 1 amide bonds. The molecule has 1 aliphatic heterocycles. The van der Waals surface area contributed by atoms with Crippen molar-refractivity contribution >= 4 is 17.7 Å². The molecule has 1 saturated carbocycles. The van der Waals surface area contributed by atoms with Crippen molar-refractivity contribution in [2.45, 2.75) is 47.8 Å². The fourth-order valence-corrected chi connectivity index (χ4v) is 4.73. The van der Waals surface area contributed by atoms with Crippen LogP contribution in [-0.2, 0) is 4.79 Å². The monoisotopic (exact) mass is 290 g/mol. The number of nitrogens with zero attached hydrogens (tertiary/aromatic N) is 1. The van der Waals surface area contributed by atoms with E-state index in [9.17, 15) is 4.79 Å². The van der Waals surface area contributed by atoms with Gasteiger partial charge in [0.15, 0.2) is 0 Å². The van der Waals surface area contributed by atoms with Gasteiger partial charge in [-0.1, -0.05) is 31.0 Å². The van der Waals surface area contributed by atoms with Gasteiger partial charge in [-0.3, -0.25) is 4.79 Å². The average Bonchev–Trinajstić information content (AvgIpc) is 3.09. The number of hydrogen-bond donors (Lipinski definition) is 1. The van der Waals surface area contributed by atoms with Gasteiger partial charge in [-0.25, -0.2) is 0 Å². The Bertz CT molecular complexity index is 471. The van der Waals surface area contributed by atoms with Crippen LogP contribution in [0, 0.1) is 0 Å². The highest BCUT2D eigenvalue weighted by Gasteiger charge is 2.45. The third-order valence-electron chi connectivity index (χ3n) is 4.37. The summed E-state index contributed by atoms with van der Waals surface area (Å²) in [4.78, 5) is 16.2. The first-order chi connectivity index (χ1) is 9.70. The van der Waals surface area contributed by atoms with Crippen LogP contribution in [0.2, 0.25) is 0 Å². The minimum absolute atomic E-state index is 0.166. The van der Waals surface area contributed by atoms with Crippen molar-refractivity contribution in [1.82, 2.24) is 4.90 Å². The third-order valence-corrected chi connectivity index (χ3v) is 5.85. The maximum atomic E-state index is 13.0. The van der Waals surface area contributed by atoms with Gasteiger partial charge in [0.25, 0.3) is 0 Å². The number of carbonyl (C=O) groups is 1. The molecular formula is C16H22N2OS. The lowest BCUT2D eigenvalue weighted by molar-refractivity contribution is -0.132. The normalized spacial score (nSPS) is 25.1.